The zero-order valence-electron chi connectivity index (χ0n) is 10.4. The highest BCUT2D eigenvalue weighted by molar-refractivity contribution is 5.94. The fourth-order valence-electron chi connectivity index (χ4n) is 2.56. The van der Waals surface area contributed by atoms with Crippen molar-refractivity contribution >= 4 is 5.91 Å². The summed E-state index contributed by atoms with van der Waals surface area (Å²) in [5.41, 5.74) is 2.73. The summed E-state index contributed by atoms with van der Waals surface area (Å²) in [7, 11) is 0. The number of benzene rings is 2. The van der Waals surface area contributed by atoms with Crippen LogP contribution in [0.5, 0.6) is 0 Å². The standard InChI is InChI=1S/C16H15NO2/c18-14-10-12-8-4-5-9-13(12)15(14)17-16(19)11-6-2-1-3-7-11/h1-9,14-15,18H,10H2,(H,17,19)/t14-,15+/m0/s1. The lowest BCUT2D eigenvalue weighted by Gasteiger charge is -2.18. The molecule has 0 bridgehead atoms. The normalized spacial score (nSPS) is 20.9. The third-order valence-corrected chi connectivity index (χ3v) is 3.53. The van der Waals surface area contributed by atoms with Crippen molar-refractivity contribution in [1.29, 1.82) is 0 Å². The van der Waals surface area contributed by atoms with Gasteiger partial charge in [0.25, 0.3) is 5.91 Å². The average molecular weight is 253 g/mol. The highest BCUT2D eigenvalue weighted by atomic mass is 16.3. The Bertz CT molecular complexity index is 595. The first-order valence-corrected chi connectivity index (χ1v) is 6.37. The molecule has 0 radical (unpaired) electrons. The summed E-state index contributed by atoms with van der Waals surface area (Å²) < 4.78 is 0. The van der Waals surface area contributed by atoms with Crippen LogP contribution >= 0.6 is 0 Å². The van der Waals surface area contributed by atoms with Gasteiger partial charge in [-0.3, -0.25) is 4.79 Å². The van der Waals surface area contributed by atoms with E-state index in [0.29, 0.717) is 12.0 Å². The van der Waals surface area contributed by atoms with Crippen LogP contribution in [-0.2, 0) is 6.42 Å². The lowest BCUT2D eigenvalue weighted by Crippen LogP contribution is -2.33. The van der Waals surface area contributed by atoms with Gasteiger partial charge in [0, 0.05) is 12.0 Å². The highest BCUT2D eigenvalue weighted by Gasteiger charge is 2.31. The van der Waals surface area contributed by atoms with Gasteiger partial charge in [-0.2, -0.15) is 0 Å². The molecule has 0 spiro atoms. The van der Waals surface area contributed by atoms with E-state index in [-0.39, 0.29) is 11.9 Å². The summed E-state index contributed by atoms with van der Waals surface area (Å²) in [6.07, 6.45) is 0.0423. The molecule has 0 heterocycles. The fraction of sp³-hybridized carbons (Fsp3) is 0.188. The number of carbonyl (C=O) groups excluding carboxylic acids is 1. The van der Waals surface area contributed by atoms with E-state index in [1.54, 1.807) is 12.1 Å². The van der Waals surface area contributed by atoms with Crippen molar-refractivity contribution < 1.29 is 9.90 Å². The van der Waals surface area contributed by atoms with Gasteiger partial charge < -0.3 is 10.4 Å². The number of carbonyl (C=O) groups is 1. The molecule has 1 aliphatic rings. The molecule has 2 aromatic carbocycles. The molecule has 0 aromatic heterocycles. The van der Waals surface area contributed by atoms with Crippen molar-refractivity contribution in [3.63, 3.8) is 0 Å². The smallest absolute Gasteiger partial charge is 0.251 e. The van der Waals surface area contributed by atoms with Crippen molar-refractivity contribution in [1.82, 2.24) is 5.32 Å². The van der Waals surface area contributed by atoms with Crippen molar-refractivity contribution in [2.75, 3.05) is 0 Å². The topological polar surface area (TPSA) is 49.3 Å². The third-order valence-electron chi connectivity index (χ3n) is 3.53. The molecular formula is C16H15NO2. The maximum Gasteiger partial charge on any atom is 0.251 e. The molecule has 0 saturated carbocycles. The van der Waals surface area contributed by atoms with Crippen LogP contribution in [-0.4, -0.2) is 17.1 Å². The van der Waals surface area contributed by atoms with Crippen LogP contribution in [0.4, 0.5) is 0 Å². The van der Waals surface area contributed by atoms with Crippen LogP contribution in [0.2, 0.25) is 0 Å². The Kier molecular flexibility index (Phi) is 3.05. The maximum atomic E-state index is 12.1. The minimum absolute atomic E-state index is 0.152. The molecule has 0 unspecified atom stereocenters. The van der Waals surface area contributed by atoms with Crippen molar-refractivity contribution in [3.8, 4) is 0 Å². The Labute approximate surface area is 111 Å². The van der Waals surface area contributed by atoms with Crippen LogP contribution in [0.15, 0.2) is 54.6 Å². The van der Waals surface area contributed by atoms with Crippen LogP contribution in [0.25, 0.3) is 0 Å². The number of hydrogen-bond donors (Lipinski definition) is 2. The predicted molar refractivity (Wildman–Crippen MR) is 72.8 cm³/mol. The van der Waals surface area contributed by atoms with E-state index in [0.717, 1.165) is 11.1 Å². The quantitative estimate of drug-likeness (QED) is 0.860. The highest BCUT2D eigenvalue weighted by Crippen LogP contribution is 2.31. The molecule has 0 aliphatic heterocycles. The van der Waals surface area contributed by atoms with Gasteiger partial charge in [0.05, 0.1) is 12.1 Å². The summed E-state index contributed by atoms with van der Waals surface area (Å²) in [6, 6.07) is 16.6. The molecule has 1 aliphatic carbocycles. The molecule has 3 rings (SSSR count). The van der Waals surface area contributed by atoms with E-state index in [1.807, 2.05) is 42.5 Å². The summed E-state index contributed by atoms with van der Waals surface area (Å²) in [5.74, 6) is -0.152. The number of hydrogen-bond acceptors (Lipinski definition) is 2. The number of aliphatic hydroxyl groups is 1. The lowest BCUT2D eigenvalue weighted by molar-refractivity contribution is 0.0858. The zero-order chi connectivity index (χ0) is 13.2. The maximum absolute atomic E-state index is 12.1. The molecule has 2 atom stereocenters. The lowest BCUT2D eigenvalue weighted by atomic mass is 10.1. The Morgan fingerprint density at radius 3 is 2.53 bits per heavy atom. The first kappa shape index (κ1) is 11.9. The number of amides is 1. The van der Waals surface area contributed by atoms with Gasteiger partial charge in [0.2, 0.25) is 0 Å². The summed E-state index contributed by atoms with van der Waals surface area (Å²) in [6.45, 7) is 0. The Balaban J connectivity index is 1.82. The van der Waals surface area contributed by atoms with Gasteiger partial charge in [-0.1, -0.05) is 42.5 Å². The molecule has 0 saturated heterocycles. The van der Waals surface area contributed by atoms with Gasteiger partial charge in [0.15, 0.2) is 0 Å². The second-order valence-corrected chi connectivity index (χ2v) is 4.79. The Morgan fingerprint density at radius 1 is 1.05 bits per heavy atom. The van der Waals surface area contributed by atoms with Gasteiger partial charge >= 0.3 is 0 Å². The van der Waals surface area contributed by atoms with Crippen molar-refractivity contribution in [3.05, 3.63) is 71.3 Å². The average Bonchev–Trinajstić information content (AvgIpc) is 2.76. The van der Waals surface area contributed by atoms with E-state index in [4.69, 9.17) is 0 Å². The first-order valence-electron chi connectivity index (χ1n) is 6.37. The van der Waals surface area contributed by atoms with Gasteiger partial charge in [0.1, 0.15) is 0 Å². The van der Waals surface area contributed by atoms with Crippen LogP contribution < -0.4 is 5.32 Å². The van der Waals surface area contributed by atoms with Crippen LogP contribution in [0.3, 0.4) is 0 Å². The predicted octanol–water partition coefficient (Wildman–Crippen LogP) is 2.07. The molecule has 2 aromatic rings. The number of aliphatic hydroxyl groups excluding tert-OH is 1. The molecule has 19 heavy (non-hydrogen) atoms. The Hall–Kier alpha value is -2.13. The molecule has 2 N–H and O–H groups in total. The number of nitrogens with one attached hydrogen (secondary N) is 1. The van der Waals surface area contributed by atoms with E-state index in [2.05, 4.69) is 5.32 Å². The Morgan fingerprint density at radius 2 is 1.74 bits per heavy atom. The molecule has 1 amide bonds. The second-order valence-electron chi connectivity index (χ2n) is 4.79. The zero-order valence-corrected chi connectivity index (χ0v) is 10.4. The summed E-state index contributed by atoms with van der Waals surface area (Å²) >= 11 is 0. The van der Waals surface area contributed by atoms with Crippen molar-refractivity contribution in [2.45, 2.75) is 18.6 Å². The number of rotatable bonds is 2. The third kappa shape index (κ3) is 2.25. The van der Waals surface area contributed by atoms with Gasteiger partial charge in [-0.15, -0.1) is 0 Å². The number of fused-ring (bicyclic) bond motifs is 1. The summed E-state index contributed by atoms with van der Waals surface area (Å²) in [5, 5.41) is 13.0. The van der Waals surface area contributed by atoms with E-state index in [1.165, 1.54) is 0 Å². The van der Waals surface area contributed by atoms with E-state index >= 15 is 0 Å². The molecule has 3 nitrogen and oxygen atoms in total. The molecular weight excluding hydrogens is 238 g/mol. The first-order chi connectivity index (χ1) is 9.25. The second kappa shape index (κ2) is 4.86. The molecule has 3 heteroatoms. The minimum atomic E-state index is -0.551. The SMILES string of the molecule is O=C(N[C@@H]1c2ccccc2C[C@@H]1O)c1ccccc1. The van der Waals surface area contributed by atoms with Crippen LogP contribution in [0, 0.1) is 0 Å². The van der Waals surface area contributed by atoms with E-state index < -0.39 is 6.10 Å². The summed E-state index contributed by atoms with van der Waals surface area (Å²) in [4.78, 5) is 12.1. The monoisotopic (exact) mass is 253 g/mol. The van der Waals surface area contributed by atoms with Gasteiger partial charge in [-0.05, 0) is 23.3 Å². The molecule has 96 valence electrons. The molecule has 0 fully saturated rings. The largest absolute Gasteiger partial charge is 0.390 e. The van der Waals surface area contributed by atoms with Gasteiger partial charge in [-0.25, -0.2) is 0 Å². The fourth-order valence-corrected chi connectivity index (χ4v) is 2.56. The van der Waals surface area contributed by atoms with Crippen molar-refractivity contribution in [2.24, 2.45) is 0 Å². The van der Waals surface area contributed by atoms with Crippen LogP contribution in [0.1, 0.15) is 27.5 Å². The van der Waals surface area contributed by atoms with E-state index in [9.17, 15) is 9.90 Å². The minimum Gasteiger partial charge on any atom is -0.390 e.